The fraction of sp³-hybridized carbons (Fsp3) is 0.286. The van der Waals surface area contributed by atoms with Crippen molar-refractivity contribution in [2.45, 2.75) is 26.7 Å². The highest BCUT2D eigenvalue weighted by molar-refractivity contribution is 7.15. The smallest absolute Gasteiger partial charge is 0.307 e. The minimum absolute atomic E-state index is 0.250. The lowest BCUT2D eigenvalue weighted by Crippen LogP contribution is -2.35. The number of amides is 2. The van der Waals surface area contributed by atoms with Gasteiger partial charge in [0.05, 0.1) is 17.4 Å². The Labute approximate surface area is 167 Å². The van der Waals surface area contributed by atoms with Gasteiger partial charge < -0.3 is 16.2 Å². The average molecular weight is 398 g/mol. The molecule has 1 aromatic heterocycles. The van der Waals surface area contributed by atoms with Crippen molar-refractivity contribution >= 4 is 34.1 Å². The van der Waals surface area contributed by atoms with E-state index >= 15 is 0 Å². The molecule has 1 aliphatic carbocycles. The number of carbonyl (C=O) groups excluding carboxylic acids is 2. The van der Waals surface area contributed by atoms with Crippen molar-refractivity contribution in [3.8, 4) is 11.1 Å². The minimum atomic E-state index is -0.998. The molecule has 0 radical (unpaired) electrons. The van der Waals surface area contributed by atoms with Crippen LogP contribution in [0.1, 0.15) is 34.3 Å². The van der Waals surface area contributed by atoms with Gasteiger partial charge in [0.15, 0.2) is 0 Å². The maximum atomic E-state index is 12.7. The Kier molecular flexibility index (Phi) is 5.65. The monoisotopic (exact) mass is 398 g/mol. The van der Waals surface area contributed by atoms with Gasteiger partial charge in [0.2, 0.25) is 5.91 Å². The molecule has 1 aliphatic rings. The van der Waals surface area contributed by atoms with E-state index in [2.05, 4.69) is 5.32 Å². The molecular formula is C21H22N2O4S. The molecule has 0 fully saturated rings. The van der Waals surface area contributed by atoms with Gasteiger partial charge in [-0.05, 0) is 43.4 Å². The molecule has 2 aromatic rings. The number of thiophene rings is 1. The Hall–Kier alpha value is -2.93. The molecule has 2 atom stereocenters. The summed E-state index contributed by atoms with van der Waals surface area (Å²) < 4.78 is 0. The zero-order valence-corrected chi connectivity index (χ0v) is 16.5. The van der Waals surface area contributed by atoms with Crippen LogP contribution >= 0.6 is 11.3 Å². The maximum Gasteiger partial charge on any atom is 0.307 e. The lowest BCUT2D eigenvalue weighted by molar-refractivity contribution is -0.146. The van der Waals surface area contributed by atoms with Crippen molar-refractivity contribution in [2.75, 3.05) is 5.32 Å². The van der Waals surface area contributed by atoms with E-state index < -0.39 is 29.6 Å². The molecule has 4 N–H and O–H groups in total. The number of allylic oxidation sites excluding steroid dienone is 2. The lowest BCUT2D eigenvalue weighted by Gasteiger charge is -2.24. The van der Waals surface area contributed by atoms with Gasteiger partial charge in [0, 0.05) is 10.9 Å². The number of aryl methyl sites for hydroxylation is 2. The van der Waals surface area contributed by atoms with E-state index in [1.165, 1.54) is 11.3 Å². The summed E-state index contributed by atoms with van der Waals surface area (Å²) in [5.41, 5.74) is 9.59. The second kappa shape index (κ2) is 7.98. The first-order chi connectivity index (χ1) is 13.3. The van der Waals surface area contributed by atoms with Gasteiger partial charge in [-0.15, -0.1) is 11.3 Å². The molecule has 0 bridgehead atoms. The summed E-state index contributed by atoms with van der Waals surface area (Å²) in [7, 11) is 0. The summed E-state index contributed by atoms with van der Waals surface area (Å²) in [6, 6.07) is 5.85. The largest absolute Gasteiger partial charge is 0.481 e. The molecule has 0 spiro atoms. The number of carboxylic acid groups (broad SMARTS) is 1. The van der Waals surface area contributed by atoms with Crippen molar-refractivity contribution in [1.29, 1.82) is 0 Å². The Morgan fingerprint density at radius 1 is 1.11 bits per heavy atom. The van der Waals surface area contributed by atoms with Gasteiger partial charge in [-0.2, -0.15) is 0 Å². The van der Waals surface area contributed by atoms with E-state index in [1.54, 1.807) is 11.5 Å². The summed E-state index contributed by atoms with van der Waals surface area (Å²) in [5.74, 6) is -3.51. The summed E-state index contributed by atoms with van der Waals surface area (Å²) in [6.07, 6.45) is 4.26. The number of primary amides is 1. The van der Waals surface area contributed by atoms with Crippen LogP contribution in [0.25, 0.3) is 11.1 Å². The third-order valence-corrected chi connectivity index (χ3v) is 6.07. The van der Waals surface area contributed by atoms with Gasteiger partial charge in [0.1, 0.15) is 5.00 Å². The molecule has 3 rings (SSSR count). The number of carboxylic acids is 1. The predicted octanol–water partition coefficient (Wildman–Crippen LogP) is 3.74. The molecule has 28 heavy (non-hydrogen) atoms. The maximum absolute atomic E-state index is 12.7. The van der Waals surface area contributed by atoms with Gasteiger partial charge in [-0.3, -0.25) is 14.4 Å². The number of carbonyl (C=O) groups is 3. The molecule has 6 nitrogen and oxygen atoms in total. The van der Waals surface area contributed by atoms with E-state index in [0.717, 1.165) is 16.7 Å². The summed E-state index contributed by atoms with van der Waals surface area (Å²) in [6.45, 7) is 3.99. The van der Waals surface area contributed by atoms with Crippen LogP contribution in [-0.4, -0.2) is 22.9 Å². The van der Waals surface area contributed by atoms with Gasteiger partial charge in [-0.1, -0.05) is 30.4 Å². The Bertz CT molecular complexity index is 977. The van der Waals surface area contributed by atoms with E-state index in [0.29, 0.717) is 23.4 Å². The second-order valence-electron chi connectivity index (χ2n) is 7.00. The normalized spacial score (nSPS) is 18.6. The second-order valence-corrected chi connectivity index (χ2v) is 7.88. The van der Waals surface area contributed by atoms with Crippen LogP contribution in [0, 0.1) is 25.7 Å². The summed E-state index contributed by atoms with van der Waals surface area (Å²) in [4.78, 5) is 36.3. The van der Waals surface area contributed by atoms with E-state index in [-0.39, 0.29) is 5.56 Å². The number of rotatable bonds is 5. The SMILES string of the molecule is Cc1ccc(-c2csc(NC(=O)[C@@H]3CC=CC[C@@H]3C(=O)O)c2C(N)=O)cc1C. The quantitative estimate of drug-likeness (QED) is 0.667. The molecule has 0 unspecified atom stereocenters. The zero-order valence-electron chi connectivity index (χ0n) is 15.7. The fourth-order valence-electron chi connectivity index (χ4n) is 3.40. The molecule has 146 valence electrons. The molecule has 0 saturated heterocycles. The number of benzene rings is 1. The van der Waals surface area contributed by atoms with Crippen LogP contribution in [0.4, 0.5) is 5.00 Å². The number of nitrogens with two attached hydrogens (primary N) is 1. The van der Waals surface area contributed by atoms with Crippen LogP contribution in [-0.2, 0) is 9.59 Å². The highest BCUT2D eigenvalue weighted by atomic mass is 32.1. The molecular weight excluding hydrogens is 376 g/mol. The van der Waals surface area contributed by atoms with Gasteiger partial charge in [0.25, 0.3) is 5.91 Å². The minimum Gasteiger partial charge on any atom is -0.481 e. The number of nitrogens with one attached hydrogen (secondary N) is 1. The van der Waals surface area contributed by atoms with E-state index in [4.69, 9.17) is 5.73 Å². The van der Waals surface area contributed by atoms with Crippen LogP contribution in [0.2, 0.25) is 0 Å². The summed E-state index contributed by atoms with van der Waals surface area (Å²) in [5, 5.41) is 14.3. The molecule has 1 heterocycles. The van der Waals surface area contributed by atoms with Crippen LogP contribution in [0.3, 0.4) is 0 Å². The topological polar surface area (TPSA) is 109 Å². The Morgan fingerprint density at radius 2 is 1.79 bits per heavy atom. The number of aliphatic carboxylic acids is 1. The van der Waals surface area contributed by atoms with E-state index in [9.17, 15) is 19.5 Å². The van der Waals surface area contributed by atoms with Crippen LogP contribution in [0.15, 0.2) is 35.7 Å². The van der Waals surface area contributed by atoms with Crippen molar-refractivity contribution in [2.24, 2.45) is 17.6 Å². The number of hydrogen-bond donors (Lipinski definition) is 3. The van der Waals surface area contributed by atoms with Crippen molar-refractivity contribution in [3.05, 3.63) is 52.4 Å². The molecule has 2 amide bonds. The standard InChI is InChI=1S/C21H22N2O4S/c1-11-7-8-13(9-12(11)2)16-10-28-20(17(16)18(22)24)23-19(25)14-5-3-4-6-15(14)21(26)27/h3-4,7-10,14-15H,5-6H2,1-2H3,(H2,22,24)(H,23,25)(H,26,27)/t14-,15+/m1/s1. The highest BCUT2D eigenvalue weighted by Gasteiger charge is 2.34. The molecule has 1 aromatic carbocycles. The van der Waals surface area contributed by atoms with Crippen molar-refractivity contribution < 1.29 is 19.5 Å². The Morgan fingerprint density at radius 3 is 2.39 bits per heavy atom. The average Bonchev–Trinajstić information content (AvgIpc) is 3.07. The van der Waals surface area contributed by atoms with Crippen molar-refractivity contribution in [3.63, 3.8) is 0 Å². The van der Waals surface area contributed by atoms with E-state index in [1.807, 2.05) is 38.1 Å². The van der Waals surface area contributed by atoms with Gasteiger partial charge >= 0.3 is 5.97 Å². The first kappa shape index (κ1) is 19.8. The number of anilines is 1. The Balaban J connectivity index is 1.92. The van der Waals surface area contributed by atoms with Crippen LogP contribution in [0.5, 0.6) is 0 Å². The predicted molar refractivity (Wildman–Crippen MR) is 109 cm³/mol. The fourth-order valence-corrected chi connectivity index (χ4v) is 4.37. The number of hydrogen-bond acceptors (Lipinski definition) is 4. The first-order valence-electron chi connectivity index (χ1n) is 8.97. The third-order valence-electron chi connectivity index (χ3n) is 5.18. The first-order valence-corrected chi connectivity index (χ1v) is 9.85. The molecule has 0 aliphatic heterocycles. The van der Waals surface area contributed by atoms with Crippen LogP contribution < -0.4 is 11.1 Å². The highest BCUT2D eigenvalue weighted by Crippen LogP contribution is 2.37. The van der Waals surface area contributed by atoms with Gasteiger partial charge in [-0.25, -0.2) is 0 Å². The van der Waals surface area contributed by atoms with Crippen molar-refractivity contribution in [1.82, 2.24) is 0 Å². The zero-order chi connectivity index (χ0) is 20.4. The molecule has 7 heteroatoms. The summed E-state index contributed by atoms with van der Waals surface area (Å²) >= 11 is 1.21. The third kappa shape index (κ3) is 3.84. The molecule has 0 saturated carbocycles. The lowest BCUT2D eigenvalue weighted by atomic mass is 9.82.